The van der Waals surface area contributed by atoms with Crippen LogP contribution in [0.2, 0.25) is 0 Å². The van der Waals surface area contributed by atoms with Gasteiger partial charge >= 0.3 is 0 Å². The van der Waals surface area contributed by atoms with Crippen LogP contribution >= 0.6 is 0 Å². The van der Waals surface area contributed by atoms with E-state index in [0.717, 1.165) is 23.3 Å². The fourth-order valence-electron chi connectivity index (χ4n) is 3.31. The number of hydrogen-bond acceptors (Lipinski definition) is 3. The standard InChI is InChI=1S/C21H22N2O2/c24-13-18(10-17-12-23-20-7-3-2-6-19(17)20)22-11-15-9-16-5-1-4-8-21(16)25-14-15/h1-9,12,18,22-24H,10-11,13-14H2/t18-/m1/s1. The van der Waals surface area contributed by atoms with Crippen LogP contribution in [-0.4, -0.2) is 35.9 Å². The number of ether oxygens (including phenoxy) is 1. The van der Waals surface area contributed by atoms with Gasteiger partial charge in [0.05, 0.1) is 6.61 Å². The molecular formula is C21H22N2O2. The van der Waals surface area contributed by atoms with E-state index in [2.05, 4.69) is 34.6 Å². The van der Waals surface area contributed by atoms with Crippen molar-refractivity contribution < 1.29 is 9.84 Å². The molecule has 2 heterocycles. The Kier molecular flexibility index (Phi) is 4.55. The maximum Gasteiger partial charge on any atom is 0.127 e. The molecule has 0 saturated heterocycles. The Morgan fingerprint density at radius 2 is 1.96 bits per heavy atom. The highest BCUT2D eigenvalue weighted by molar-refractivity contribution is 5.83. The van der Waals surface area contributed by atoms with Crippen LogP contribution in [0.1, 0.15) is 11.1 Å². The van der Waals surface area contributed by atoms with Gasteiger partial charge in [0.2, 0.25) is 0 Å². The Hall–Kier alpha value is -2.56. The number of benzene rings is 2. The number of para-hydroxylation sites is 2. The van der Waals surface area contributed by atoms with E-state index < -0.39 is 0 Å². The van der Waals surface area contributed by atoms with E-state index in [-0.39, 0.29) is 12.6 Å². The third-order valence-electron chi connectivity index (χ3n) is 4.67. The Morgan fingerprint density at radius 3 is 2.88 bits per heavy atom. The minimum Gasteiger partial charge on any atom is -0.489 e. The van der Waals surface area contributed by atoms with Crippen molar-refractivity contribution in [3.8, 4) is 5.75 Å². The van der Waals surface area contributed by atoms with Gasteiger partial charge in [-0.25, -0.2) is 0 Å². The van der Waals surface area contributed by atoms with Gasteiger partial charge in [-0.05, 0) is 35.8 Å². The summed E-state index contributed by atoms with van der Waals surface area (Å²) < 4.78 is 5.79. The molecule has 3 N–H and O–H groups in total. The molecule has 0 unspecified atom stereocenters. The molecule has 4 nitrogen and oxygen atoms in total. The number of aliphatic hydroxyl groups is 1. The number of rotatable bonds is 6. The van der Waals surface area contributed by atoms with Gasteiger partial charge in [-0.15, -0.1) is 0 Å². The van der Waals surface area contributed by atoms with Crippen LogP contribution in [0.3, 0.4) is 0 Å². The summed E-state index contributed by atoms with van der Waals surface area (Å²) in [7, 11) is 0. The summed E-state index contributed by atoms with van der Waals surface area (Å²) >= 11 is 0. The average molecular weight is 334 g/mol. The summed E-state index contributed by atoms with van der Waals surface area (Å²) in [4.78, 5) is 3.29. The number of aliphatic hydroxyl groups excluding tert-OH is 1. The van der Waals surface area contributed by atoms with Crippen molar-refractivity contribution in [2.45, 2.75) is 12.5 Å². The third kappa shape index (κ3) is 3.45. The van der Waals surface area contributed by atoms with E-state index in [1.54, 1.807) is 0 Å². The zero-order valence-corrected chi connectivity index (χ0v) is 14.0. The van der Waals surface area contributed by atoms with Gasteiger partial charge in [0.1, 0.15) is 12.4 Å². The smallest absolute Gasteiger partial charge is 0.127 e. The molecule has 1 aliphatic rings. The van der Waals surface area contributed by atoms with Gasteiger partial charge in [-0.1, -0.05) is 36.4 Å². The van der Waals surface area contributed by atoms with Gasteiger partial charge in [-0.2, -0.15) is 0 Å². The average Bonchev–Trinajstić information content (AvgIpc) is 3.08. The van der Waals surface area contributed by atoms with Gasteiger partial charge in [0.25, 0.3) is 0 Å². The van der Waals surface area contributed by atoms with E-state index in [4.69, 9.17) is 4.74 Å². The summed E-state index contributed by atoms with van der Waals surface area (Å²) in [6.07, 6.45) is 4.99. The van der Waals surface area contributed by atoms with Crippen molar-refractivity contribution in [1.82, 2.24) is 10.3 Å². The van der Waals surface area contributed by atoms with Crippen molar-refractivity contribution in [3.05, 3.63) is 71.4 Å². The monoisotopic (exact) mass is 334 g/mol. The molecule has 4 rings (SSSR count). The number of fused-ring (bicyclic) bond motifs is 2. The lowest BCUT2D eigenvalue weighted by molar-refractivity contribution is 0.243. The van der Waals surface area contributed by atoms with Gasteiger partial charge < -0.3 is 20.1 Å². The second kappa shape index (κ2) is 7.13. The van der Waals surface area contributed by atoms with Crippen molar-refractivity contribution in [3.63, 3.8) is 0 Å². The van der Waals surface area contributed by atoms with Crippen LogP contribution in [0.25, 0.3) is 17.0 Å². The van der Waals surface area contributed by atoms with E-state index in [1.807, 2.05) is 36.5 Å². The molecule has 128 valence electrons. The number of hydrogen-bond donors (Lipinski definition) is 3. The molecule has 3 aromatic rings. The summed E-state index contributed by atoms with van der Waals surface area (Å²) in [6.45, 7) is 1.40. The van der Waals surface area contributed by atoms with Crippen LogP contribution in [0.4, 0.5) is 0 Å². The van der Waals surface area contributed by atoms with E-state index >= 15 is 0 Å². The van der Waals surface area contributed by atoms with Gasteiger partial charge in [-0.3, -0.25) is 0 Å². The maximum absolute atomic E-state index is 9.76. The summed E-state index contributed by atoms with van der Waals surface area (Å²) in [5.41, 5.74) is 4.66. The molecule has 4 heteroatoms. The highest BCUT2D eigenvalue weighted by Crippen LogP contribution is 2.25. The van der Waals surface area contributed by atoms with Gasteiger partial charge in [0, 0.05) is 35.2 Å². The molecule has 0 radical (unpaired) electrons. The first kappa shape index (κ1) is 15.9. The lowest BCUT2D eigenvalue weighted by Crippen LogP contribution is -2.36. The maximum atomic E-state index is 9.76. The van der Waals surface area contributed by atoms with Crippen LogP contribution in [0, 0.1) is 0 Å². The van der Waals surface area contributed by atoms with E-state index in [0.29, 0.717) is 13.2 Å². The first-order valence-electron chi connectivity index (χ1n) is 8.64. The molecular weight excluding hydrogens is 312 g/mol. The van der Waals surface area contributed by atoms with E-state index in [1.165, 1.54) is 16.5 Å². The Balaban J connectivity index is 1.42. The number of aromatic amines is 1. The number of nitrogens with one attached hydrogen (secondary N) is 2. The zero-order valence-electron chi connectivity index (χ0n) is 14.0. The van der Waals surface area contributed by atoms with Crippen molar-refractivity contribution in [1.29, 1.82) is 0 Å². The second-order valence-corrected chi connectivity index (χ2v) is 6.45. The van der Waals surface area contributed by atoms with Crippen LogP contribution < -0.4 is 10.1 Å². The molecule has 0 aliphatic carbocycles. The first-order chi connectivity index (χ1) is 12.3. The normalized spacial score (nSPS) is 14.7. The summed E-state index contributed by atoms with van der Waals surface area (Å²) in [5, 5.41) is 14.4. The fourth-order valence-corrected chi connectivity index (χ4v) is 3.31. The van der Waals surface area contributed by atoms with Crippen LogP contribution in [0.5, 0.6) is 5.75 Å². The highest BCUT2D eigenvalue weighted by Gasteiger charge is 2.14. The molecule has 1 atom stereocenters. The lowest BCUT2D eigenvalue weighted by atomic mass is 10.0. The Bertz CT molecular complexity index is 898. The SMILES string of the molecule is OC[C@@H](Cc1c[nH]c2ccccc12)NCC1=Cc2ccccc2OC1. The minimum absolute atomic E-state index is 0.0114. The molecule has 0 saturated carbocycles. The molecule has 2 aromatic carbocycles. The van der Waals surface area contributed by atoms with Crippen molar-refractivity contribution in [2.24, 2.45) is 0 Å². The molecule has 0 fully saturated rings. The van der Waals surface area contributed by atoms with E-state index in [9.17, 15) is 5.11 Å². The van der Waals surface area contributed by atoms with Crippen molar-refractivity contribution in [2.75, 3.05) is 19.8 Å². The highest BCUT2D eigenvalue weighted by atomic mass is 16.5. The topological polar surface area (TPSA) is 57.3 Å². The number of aromatic nitrogens is 1. The summed E-state index contributed by atoms with van der Waals surface area (Å²) in [6, 6.07) is 16.3. The van der Waals surface area contributed by atoms with Crippen LogP contribution in [0.15, 0.2) is 60.3 Å². The Labute approximate surface area is 147 Å². The molecule has 25 heavy (non-hydrogen) atoms. The molecule has 0 amide bonds. The first-order valence-corrected chi connectivity index (χ1v) is 8.64. The lowest BCUT2D eigenvalue weighted by Gasteiger charge is -2.21. The zero-order chi connectivity index (χ0) is 17.1. The van der Waals surface area contributed by atoms with Gasteiger partial charge in [0.15, 0.2) is 0 Å². The predicted molar refractivity (Wildman–Crippen MR) is 101 cm³/mol. The Morgan fingerprint density at radius 1 is 1.12 bits per heavy atom. The second-order valence-electron chi connectivity index (χ2n) is 6.45. The number of H-pyrrole nitrogens is 1. The third-order valence-corrected chi connectivity index (χ3v) is 4.67. The predicted octanol–water partition coefficient (Wildman–Crippen LogP) is 3.14. The summed E-state index contributed by atoms with van der Waals surface area (Å²) in [5.74, 6) is 0.934. The van der Waals surface area contributed by atoms with Crippen LogP contribution in [-0.2, 0) is 6.42 Å². The largest absolute Gasteiger partial charge is 0.489 e. The quantitative estimate of drug-likeness (QED) is 0.649. The molecule has 1 aromatic heterocycles. The molecule has 0 bridgehead atoms. The molecule has 1 aliphatic heterocycles. The molecule has 0 spiro atoms. The minimum atomic E-state index is 0.0114. The van der Waals surface area contributed by atoms with Crippen molar-refractivity contribution >= 4 is 17.0 Å². The fraction of sp³-hybridized carbons (Fsp3) is 0.238.